The van der Waals surface area contributed by atoms with Gasteiger partial charge in [0.2, 0.25) is 5.91 Å². The second-order valence-corrected chi connectivity index (χ2v) is 9.34. The number of nitrogens with zero attached hydrogens (tertiary/aromatic N) is 1. The van der Waals surface area contributed by atoms with Crippen molar-refractivity contribution in [2.45, 2.75) is 24.7 Å². The highest BCUT2D eigenvalue weighted by Gasteiger charge is 2.22. The second-order valence-electron chi connectivity index (χ2n) is 7.66. The molecule has 1 aliphatic rings. The van der Waals surface area contributed by atoms with Gasteiger partial charge in [-0.1, -0.05) is 24.3 Å². The van der Waals surface area contributed by atoms with Crippen molar-refractivity contribution < 1.29 is 18.0 Å². The fourth-order valence-electron chi connectivity index (χ4n) is 3.60. The Kier molecular flexibility index (Phi) is 5.96. The van der Waals surface area contributed by atoms with Crippen LogP contribution in [0.5, 0.6) is 0 Å². The van der Waals surface area contributed by atoms with Crippen LogP contribution in [-0.4, -0.2) is 26.8 Å². The van der Waals surface area contributed by atoms with Gasteiger partial charge in [0, 0.05) is 35.6 Å². The predicted octanol–water partition coefficient (Wildman–Crippen LogP) is 4.17. The molecule has 8 heteroatoms. The highest BCUT2D eigenvalue weighted by Crippen LogP contribution is 2.25. The molecule has 1 saturated heterocycles. The van der Waals surface area contributed by atoms with E-state index in [1.807, 2.05) is 19.1 Å². The van der Waals surface area contributed by atoms with Gasteiger partial charge in [0.15, 0.2) is 0 Å². The van der Waals surface area contributed by atoms with Crippen LogP contribution in [0.3, 0.4) is 0 Å². The van der Waals surface area contributed by atoms with Crippen LogP contribution in [0.25, 0.3) is 0 Å². The molecule has 2 N–H and O–H groups in total. The Balaban J connectivity index is 1.52. The van der Waals surface area contributed by atoms with Crippen molar-refractivity contribution in [3.8, 4) is 0 Å². The molecule has 3 aromatic carbocycles. The fraction of sp³-hybridized carbons (Fsp3) is 0.167. The van der Waals surface area contributed by atoms with Crippen molar-refractivity contribution in [3.05, 3.63) is 83.9 Å². The van der Waals surface area contributed by atoms with Crippen LogP contribution in [0, 0.1) is 6.92 Å². The Labute approximate surface area is 187 Å². The van der Waals surface area contributed by atoms with Gasteiger partial charge in [-0.2, -0.15) is 0 Å². The SMILES string of the molecule is Cc1cccc(NS(=O)(=O)c2cccc(C(=O)Nc3cccc(N4CCCC4=O)c3)c2)c1. The summed E-state index contributed by atoms with van der Waals surface area (Å²) in [5, 5.41) is 2.78. The van der Waals surface area contributed by atoms with E-state index in [2.05, 4.69) is 10.0 Å². The number of carbonyl (C=O) groups excluding carboxylic acids is 2. The monoisotopic (exact) mass is 449 g/mol. The van der Waals surface area contributed by atoms with Crippen molar-refractivity contribution in [2.24, 2.45) is 0 Å². The molecule has 7 nitrogen and oxygen atoms in total. The molecule has 0 aromatic heterocycles. The zero-order chi connectivity index (χ0) is 22.7. The van der Waals surface area contributed by atoms with Gasteiger partial charge in [-0.3, -0.25) is 14.3 Å². The molecule has 32 heavy (non-hydrogen) atoms. The second kappa shape index (κ2) is 8.84. The van der Waals surface area contributed by atoms with E-state index in [0.29, 0.717) is 24.3 Å². The molecule has 2 amide bonds. The summed E-state index contributed by atoms with van der Waals surface area (Å²) in [6, 6.07) is 19.9. The Hall–Kier alpha value is -3.65. The number of nitrogens with one attached hydrogen (secondary N) is 2. The Morgan fingerprint density at radius 2 is 1.69 bits per heavy atom. The van der Waals surface area contributed by atoms with E-state index in [0.717, 1.165) is 17.7 Å². The first-order chi connectivity index (χ1) is 15.3. The summed E-state index contributed by atoms with van der Waals surface area (Å²) in [5.41, 5.74) is 2.84. The van der Waals surface area contributed by atoms with Gasteiger partial charge in [0.1, 0.15) is 0 Å². The van der Waals surface area contributed by atoms with E-state index in [1.165, 1.54) is 18.2 Å². The molecule has 0 aliphatic carbocycles. The van der Waals surface area contributed by atoms with Gasteiger partial charge in [-0.25, -0.2) is 8.42 Å². The largest absolute Gasteiger partial charge is 0.322 e. The normalized spacial score (nSPS) is 13.8. The number of aryl methyl sites for hydroxylation is 1. The Morgan fingerprint density at radius 3 is 2.44 bits per heavy atom. The molecule has 0 bridgehead atoms. The van der Waals surface area contributed by atoms with Gasteiger partial charge < -0.3 is 10.2 Å². The average Bonchev–Trinajstić information content (AvgIpc) is 3.19. The first-order valence-corrected chi connectivity index (χ1v) is 11.7. The van der Waals surface area contributed by atoms with Crippen LogP contribution < -0.4 is 14.9 Å². The van der Waals surface area contributed by atoms with Crippen molar-refractivity contribution in [3.63, 3.8) is 0 Å². The Bertz CT molecular complexity index is 1290. The summed E-state index contributed by atoms with van der Waals surface area (Å²) in [7, 11) is -3.86. The zero-order valence-electron chi connectivity index (χ0n) is 17.5. The first-order valence-electron chi connectivity index (χ1n) is 10.2. The first kappa shape index (κ1) is 21.6. The minimum Gasteiger partial charge on any atom is -0.322 e. The number of carbonyl (C=O) groups is 2. The van der Waals surface area contributed by atoms with Gasteiger partial charge in [-0.05, 0) is 67.4 Å². The predicted molar refractivity (Wildman–Crippen MR) is 124 cm³/mol. The molecular formula is C24H23N3O4S. The summed E-state index contributed by atoms with van der Waals surface area (Å²) < 4.78 is 28.1. The van der Waals surface area contributed by atoms with Gasteiger partial charge in [-0.15, -0.1) is 0 Å². The number of amides is 2. The van der Waals surface area contributed by atoms with Crippen molar-refractivity contribution >= 4 is 38.9 Å². The Morgan fingerprint density at radius 1 is 0.938 bits per heavy atom. The zero-order valence-corrected chi connectivity index (χ0v) is 18.4. The standard InChI is InChI=1S/C24H23N3O4S/c1-17-6-2-9-20(14-17)26-32(30,31)22-11-3-7-18(15-22)24(29)25-19-8-4-10-21(16-19)27-13-5-12-23(27)28/h2-4,6-11,14-16,26H,5,12-13H2,1H3,(H,25,29). The number of hydrogen-bond donors (Lipinski definition) is 2. The van der Waals surface area contributed by atoms with Crippen molar-refractivity contribution in [1.29, 1.82) is 0 Å². The van der Waals surface area contributed by atoms with E-state index < -0.39 is 15.9 Å². The van der Waals surface area contributed by atoms with Crippen molar-refractivity contribution in [1.82, 2.24) is 0 Å². The molecule has 1 aliphatic heterocycles. The van der Waals surface area contributed by atoms with Crippen LogP contribution in [0.15, 0.2) is 77.7 Å². The molecule has 4 rings (SSSR count). The smallest absolute Gasteiger partial charge is 0.261 e. The quantitative estimate of drug-likeness (QED) is 0.590. The molecule has 1 fully saturated rings. The number of anilines is 3. The van der Waals surface area contributed by atoms with Gasteiger partial charge in [0.25, 0.3) is 15.9 Å². The maximum atomic E-state index is 12.8. The number of rotatable bonds is 6. The average molecular weight is 450 g/mol. The van der Waals surface area contributed by atoms with Crippen LogP contribution in [0.2, 0.25) is 0 Å². The number of sulfonamides is 1. The van der Waals surface area contributed by atoms with Crippen LogP contribution >= 0.6 is 0 Å². The number of benzene rings is 3. The topological polar surface area (TPSA) is 95.6 Å². The van der Waals surface area contributed by atoms with E-state index in [4.69, 9.17) is 0 Å². The van der Waals surface area contributed by atoms with Crippen LogP contribution in [0.1, 0.15) is 28.8 Å². The third-order valence-electron chi connectivity index (χ3n) is 5.17. The molecule has 164 valence electrons. The molecule has 0 radical (unpaired) electrons. The lowest BCUT2D eigenvalue weighted by atomic mass is 10.2. The minimum absolute atomic E-state index is 0.0110. The third kappa shape index (κ3) is 4.81. The summed E-state index contributed by atoms with van der Waals surface area (Å²) in [6.45, 7) is 2.53. The van der Waals surface area contributed by atoms with Gasteiger partial charge in [0.05, 0.1) is 4.90 Å². The molecule has 0 spiro atoms. The minimum atomic E-state index is -3.86. The molecule has 0 saturated carbocycles. The van der Waals surface area contributed by atoms with Crippen LogP contribution in [0.4, 0.5) is 17.1 Å². The molecule has 0 atom stereocenters. The fourth-order valence-corrected chi connectivity index (χ4v) is 4.70. The highest BCUT2D eigenvalue weighted by molar-refractivity contribution is 7.92. The van der Waals surface area contributed by atoms with Crippen LogP contribution in [-0.2, 0) is 14.8 Å². The number of hydrogen-bond acceptors (Lipinski definition) is 4. The summed E-state index contributed by atoms with van der Waals surface area (Å²) in [5.74, 6) is -0.380. The van der Waals surface area contributed by atoms with E-state index in [1.54, 1.807) is 47.4 Å². The third-order valence-corrected chi connectivity index (χ3v) is 6.54. The van der Waals surface area contributed by atoms with E-state index in [-0.39, 0.29) is 16.4 Å². The lowest BCUT2D eigenvalue weighted by molar-refractivity contribution is -0.117. The summed E-state index contributed by atoms with van der Waals surface area (Å²) in [4.78, 5) is 26.5. The van der Waals surface area contributed by atoms with Crippen molar-refractivity contribution in [2.75, 3.05) is 21.5 Å². The highest BCUT2D eigenvalue weighted by atomic mass is 32.2. The maximum Gasteiger partial charge on any atom is 0.261 e. The summed E-state index contributed by atoms with van der Waals surface area (Å²) in [6.07, 6.45) is 1.34. The van der Waals surface area contributed by atoms with E-state index in [9.17, 15) is 18.0 Å². The molecular weight excluding hydrogens is 426 g/mol. The lowest BCUT2D eigenvalue weighted by Gasteiger charge is -2.17. The summed E-state index contributed by atoms with van der Waals surface area (Å²) >= 11 is 0. The van der Waals surface area contributed by atoms with Gasteiger partial charge >= 0.3 is 0 Å². The lowest BCUT2D eigenvalue weighted by Crippen LogP contribution is -2.23. The maximum absolute atomic E-state index is 12.8. The molecule has 3 aromatic rings. The molecule has 0 unspecified atom stereocenters. The molecule has 1 heterocycles. The van der Waals surface area contributed by atoms with E-state index >= 15 is 0 Å².